The average Bonchev–Trinajstić information content (AvgIpc) is 2.77. The third kappa shape index (κ3) is 2.68. The number of nitrogens with one attached hydrogen (secondary N) is 1. The summed E-state index contributed by atoms with van der Waals surface area (Å²) in [7, 11) is 0. The van der Waals surface area contributed by atoms with Crippen molar-refractivity contribution in [3.63, 3.8) is 0 Å². The molecule has 2 aromatic rings. The van der Waals surface area contributed by atoms with Crippen LogP contribution in [0.2, 0.25) is 0 Å². The van der Waals surface area contributed by atoms with Gasteiger partial charge in [0.05, 0.1) is 30.0 Å². The Morgan fingerprint density at radius 1 is 1.04 bits per heavy atom. The van der Waals surface area contributed by atoms with Crippen LogP contribution in [0.5, 0.6) is 0 Å². The molecule has 1 N–H and O–H groups in total. The van der Waals surface area contributed by atoms with E-state index in [0.717, 1.165) is 15.5 Å². The lowest BCUT2D eigenvalue weighted by Gasteiger charge is -2.27. The van der Waals surface area contributed by atoms with Crippen LogP contribution in [-0.4, -0.2) is 43.0 Å². The van der Waals surface area contributed by atoms with Gasteiger partial charge in [-0.1, -0.05) is 30.0 Å². The molecule has 24 heavy (non-hydrogen) atoms. The number of para-hydroxylation sites is 1. The van der Waals surface area contributed by atoms with Gasteiger partial charge in [-0.15, -0.1) is 0 Å². The number of ether oxygens (including phenoxy) is 1. The van der Waals surface area contributed by atoms with Gasteiger partial charge in [0, 0.05) is 22.9 Å². The van der Waals surface area contributed by atoms with E-state index < -0.39 is 0 Å². The Morgan fingerprint density at radius 3 is 2.62 bits per heavy atom. The number of hydrogen-bond acceptors (Lipinski definition) is 4. The van der Waals surface area contributed by atoms with E-state index in [-0.39, 0.29) is 11.8 Å². The van der Waals surface area contributed by atoms with Gasteiger partial charge in [0.1, 0.15) is 0 Å². The summed E-state index contributed by atoms with van der Waals surface area (Å²) in [6.07, 6.45) is 0. The number of amides is 2. The first-order chi connectivity index (χ1) is 11.7. The zero-order chi connectivity index (χ0) is 16.5. The first-order valence-electron chi connectivity index (χ1n) is 7.82. The molecular formula is C18H16N2O3S. The number of fused-ring (bicyclic) bond motifs is 2. The predicted molar refractivity (Wildman–Crippen MR) is 91.7 cm³/mol. The number of morpholine rings is 1. The Morgan fingerprint density at radius 2 is 1.79 bits per heavy atom. The number of carbonyl (C=O) groups is 2. The van der Waals surface area contributed by atoms with Gasteiger partial charge in [0.2, 0.25) is 0 Å². The maximum atomic E-state index is 12.9. The van der Waals surface area contributed by atoms with Crippen LogP contribution in [-0.2, 0) is 4.74 Å². The third-order valence-corrected chi connectivity index (χ3v) is 5.27. The van der Waals surface area contributed by atoms with E-state index in [1.54, 1.807) is 11.0 Å². The second-order valence-electron chi connectivity index (χ2n) is 5.64. The molecule has 6 heteroatoms. The predicted octanol–water partition coefficient (Wildman–Crippen LogP) is 2.88. The van der Waals surface area contributed by atoms with Crippen LogP contribution in [0.25, 0.3) is 0 Å². The molecule has 2 amide bonds. The van der Waals surface area contributed by atoms with Crippen LogP contribution in [0.15, 0.2) is 52.3 Å². The highest BCUT2D eigenvalue weighted by atomic mass is 32.2. The lowest BCUT2D eigenvalue weighted by Crippen LogP contribution is -2.41. The van der Waals surface area contributed by atoms with Gasteiger partial charge in [-0.2, -0.15) is 0 Å². The molecule has 0 aliphatic carbocycles. The minimum Gasteiger partial charge on any atom is -0.378 e. The number of rotatable bonds is 1. The topological polar surface area (TPSA) is 58.6 Å². The van der Waals surface area contributed by atoms with E-state index in [0.29, 0.717) is 37.4 Å². The van der Waals surface area contributed by atoms with Crippen LogP contribution in [0.1, 0.15) is 20.7 Å². The van der Waals surface area contributed by atoms with Crippen LogP contribution in [0, 0.1) is 0 Å². The van der Waals surface area contributed by atoms with Gasteiger partial charge >= 0.3 is 0 Å². The lowest BCUT2D eigenvalue weighted by atomic mass is 10.0. The molecule has 5 nitrogen and oxygen atoms in total. The summed E-state index contributed by atoms with van der Waals surface area (Å²) < 4.78 is 5.30. The summed E-state index contributed by atoms with van der Waals surface area (Å²) in [6, 6.07) is 13.1. The van der Waals surface area contributed by atoms with Crippen molar-refractivity contribution in [2.75, 3.05) is 31.6 Å². The number of hydrogen-bond donors (Lipinski definition) is 1. The van der Waals surface area contributed by atoms with Crippen molar-refractivity contribution in [1.29, 1.82) is 0 Å². The Hall–Kier alpha value is -2.31. The standard InChI is InChI=1S/C18H16N2O3S/c21-17-16-12(18(22)20-8-10-23-11-9-20)4-3-7-15(16)24-14-6-2-1-5-13(14)19-17/h1-7H,8-11H2,(H,19,21). The van der Waals surface area contributed by atoms with Crippen molar-refractivity contribution in [3.8, 4) is 0 Å². The average molecular weight is 340 g/mol. The van der Waals surface area contributed by atoms with Crippen molar-refractivity contribution in [3.05, 3.63) is 53.6 Å². The summed E-state index contributed by atoms with van der Waals surface area (Å²) in [4.78, 5) is 29.2. The molecule has 0 aromatic heterocycles. The summed E-state index contributed by atoms with van der Waals surface area (Å²) in [6.45, 7) is 2.18. The molecule has 122 valence electrons. The molecule has 0 saturated carbocycles. The number of benzene rings is 2. The van der Waals surface area contributed by atoms with Crippen molar-refractivity contribution in [1.82, 2.24) is 4.90 Å². The van der Waals surface area contributed by atoms with Crippen LogP contribution in [0.4, 0.5) is 5.69 Å². The Labute approximate surface area is 144 Å². The summed E-state index contributed by atoms with van der Waals surface area (Å²) in [5.74, 6) is -0.350. The highest BCUT2D eigenvalue weighted by Crippen LogP contribution is 2.39. The molecule has 2 aliphatic heterocycles. The highest BCUT2D eigenvalue weighted by molar-refractivity contribution is 7.99. The lowest BCUT2D eigenvalue weighted by molar-refractivity contribution is 0.0301. The zero-order valence-electron chi connectivity index (χ0n) is 13.0. The Balaban J connectivity index is 1.76. The van der Waals surface area contributed by atoms with E-state index in [1.807, 2.05) is 36.4 Å². The molecule has 0 spiro atoms. The van der Waals surface area contributed by atoms with Gasteiger partial charge in [0.25, 0.3) is 11.8 Å². The van der Waals surface area contributed by atoms with Crippen molar-refractivity contribution >= 4 is 29.3 Å². The fourth-order valence-electron chi connectivity index (χ4n) is 2.93. The molecular weight excluding hydrogens is 324 g/mol. The smallest absolute Gasteiger partial charge is 0.257 e. The highest BCUT2D eigenvalue weighted by Gasteiger charge is 2.28. The molecule has 0 radical (unpaired) electrons. The van der Waals surface area contributed by atoms with E-state index in [4.69, 9.17) is 4.74 Å². The Kier molecular flexibility index (Phi) is 4.00. The zero-order valence-corrected chi connectivity index (χ0v) is 13.8. The van der Waals surface area contributed by atoms with Gasteiger partial charge in [-0.25, -0.2) is 0 Å². The number of carbonyl (C=O) groups excluding carboxylic acids is 2. The molecule has 0 unspecified atom stereocenters. The normalized spacial score (nSPS) is 16.7. The fourth-order valence-corrected chi connectivity index (χ4v) is 3.99. The summed E-state index contributed by atoms with van der Waals surface area (Å²) in [5, 5.41) is 2.92. The van der Waals surface area contributed by atoms with Crippen LogP contribution < -0.4 is 5.32 Å². The molecule has 1 saturated heterocycles. The van der Waals surface area contributed by atoms with E-state index >= 15 is 0 Å². The van der Waals surface area contributed by atoms with Crippen LogP contribution >= 0.6 is 11.8 Å². The monoisotopic (exact) mass is 340 g/mol. The molecule has 0 bridgehead atoms. The third-order valence-electron chi connectivity index (χ3n) is 4.14. The minimum absolute atomic E-state index is 0.114. The fraction of sp³-hybridized carbons (Fsp3) is 0.222. The first kappa shape index (κ1) is 15.2. The van der Waals surface area contributed by atoms with E-state index in [1.165, 1.54) is 11.8 Å². The largest absolute Gasteiger partial charge is 0.378 e. The van der Waals surface area contributed by atoms with Crippen molar-refractivity contribution < 1.29 is 14.3 Å². The summed E-state index contributed by atoms with van der Waals surface area (Å²) >= 11 is 1.51. The quantitative estimate of drug-likeness (QED) is 0.867. The maximum Gasteiger partial charge on any atom is 0.257 e. The molecule has 2 heterocycles. The number of anilines is 1. The molecule has 2 aromatic carbocycles. The molecule has 1 fully saturated rings. The van der Waals surface area contributed by atoms with Gasteiger partial charge in [-0.3, -0.25) is 9.59 Å². The van der Waals surface area contributed by atoms with E-state index in [9.17, 15) is 9.59 Å². The Bertz CT molecular complexity index is 816. The van der Waals surface area contributed by atoms with Crippen molar-refractivity contribution in [2.45, 2.75) is 9.79 Å². The van der Waals surface area contributed by atoms with Gasteiger partial charge in [0.15, 0.2) is 0 Å². The van der Waals surface area contributed by atoms with Gasteiger partial charge in [-0.05, 0) is 24.3 Å². The van der Waals surface area contributed by atoms with Gasteiger partial charge < -0.3 is 15.0 Å². The second-order valence-corrected chi connectivity index (χ2v) is 6.72. The minimum atomic E-state index is -0.236. The first-order valence-corrected chi connectivity index (χ1v) is 8.64. The van der Waals surface area contributed by atoms with Crippen LogP contribution in [0.3, 0.4) is 0 Å². The summed E-state index contributed by atoms with van der Waals surface area (Å²) in [5.41, 5.74) is 1.68. The van der Waals surface area contributed by atoms with Crippen molar-refractivity contribution in [2.24, 2.45) is 0 Å². The second kappa shape index (κ2) is 6.30. The SMILES string of the molecule is O=C1Nc2ccccc2Sc2cccc(C(=O)N3CCOCC3)c21. The van der Waals surface area contributed by atoms with E-state index in [2.05, 4.69) is 5.32 Å². The maximum absolute atomic E-state index is 12.9. The molecule has 2 aliphatic rings. The molecule has 0 atom stereocenters. The molecule has 4 rings (SSSR count). The number of nitrogens with zero attached hydrogens (tertiary/aromatic N) is 1.